The Balaban J connectivity index is 1.51. The summed E-state index contributed by atoms with van der Waals surface area (Å²) in [6.07, 6.45) is 7.62. The smallest absolute Gasteiger partial charge is 0.321 e. The number of nitrogens with zero attached hydrogens (tertiary/aromatic N) is 2. The lowest BCUT2D eigenvalue weighted by atomic mass is 10.2. The number of urea groups is 1. The van der Waals surface area contributed by atoms with Crippen LogP contribution in [0, 0.1) is 0 Å². The Morgan fingerprint density at radius 3 is 2.27 bits per heavy atom. The minimum atomic E-state index is -0.223. The summed E-state index contributed by atoms with van der Waals surface area (Å²) in [6, 6.07) is 7.05. The van der Waals surface area contributed by atoms with Gasteiger partial charge in [-0.2, -0.15) is 0 Å². The number of benzene rings is 1. The van der Waals surface area contributed by atoms with E-state index in [0.717, 1.165) is 37.3 Å². The number of likely N-dealkylation sites (tertiary alicyclic amines) is 1. The Kier molecular flexibility index (Phi) is 6.38. The summed E-state index contributed by atoms with van der Waals surface area (Å²) < 4.78 is 0. The van der Waals surface area contributed by atoms with Crippen molar-refractivity contribution in [3.8, 4) is 0 Å². The van der Waals surface area contributed by atoms with Crippen molar-refractivity contribution in [1.82, 2.24) is 9.88 Å². The van der Waals surface area contributed by atoms with E-state index in [4.69, 9.17) is 0 Å². The standard InChI is InChI=1S/C19H22N4O2S/c24-18(10-9-17-13-26-14-20-17)21-15-5-7-16(8-6-15)22-19(25)23-11-3-1-2-4-12-23/h5-10,13-14H,1-4,11-12H2,(H,21,24)(H,22,25)/b10-9-. The quantitative estimate of drug-likeness (QED) is 0.792. The molecule has 1 aromatic carbocycles. The van der Waals surface area contributed by atoms with Gasteiger partial charge in [0.15, 0.2) is 0 Å². The molecular weight excluding hydrogens is 348 g/mol. The van der Waals surface area contributed by atoms with Crippen LogP contribution in [0.4, 0.5) is 16.2 Å². The first kappa shape index (κ1) is 18.1. The molecule has 26 heavy (non-hydrogen) atoms. The molecule has 136 valence electrons. The van der Waals surface area contributed by atoms with E-state index >= 15 is 0 Å². The van der Waals surface area contributed by atoms with E-state index in [9.17, 15) is 9.59 Å². The molecule has 0 aliphatic carbocycles. The van der Waals surface area contributed by atoms with Crippen LogP contribution < -0.4 is 10.6 Å². The second-order valence-electron chi connectivity index (χ2n) is 6.14. The second-order valence-corrected chi connectivity index (χ2v) is 6.86. The third kappa shape index (κ3) is 5.42. The minimum Gasteiger partial charge on any atom is -0.325 e. The van der Waals surface area contributed by atoms with Crippen molar-refractivity contribution in [1.29, 1.82) is 0 Å². The van der Waals surface area contributed by atoms with Crippen molar-refractivity contribution in [2.24, 2.45) is 0 Å². The molecule has 6 nitrogen and oxygen atoms in total. The van der Waals surface area contributed by atoms with Gasteiger partial charge in [0.05, 0.1) is 11.2 Å². The summed E-state index contributed by atoms with van der Waals surface area (Å²) in [5, 5.41) is 7.57. The highest BCUT2D eigenvalue weighted by molar-refractivity contribution is 7.07. The van der Waals surface area contributed by atoms with Crippen molar-refractivity contribution in [2.45, 2.75) is 25.7 Å². The summed E-state index contributed by atoms with van der Waals surface area (Å²) in [7, 11) is 0. The number of nitrogens with one attached hydrogen (secondary N) is 2. The first-order valence-corrected chi connectivity index (χ1v) is 9.68. The maximum Gasteiger partial charge on any atom is 0.321 e. The van der Waals surface area contributed by atoms with Crippen LogP contribution in [-0.2, 0) is 4.79 Å². The monoisotopic (exact) mass is 370 g/mol. The van der Waals surface area contributed by atoms with Crippen LogP contribution in [0.15, 0.2) is 41.2 Å². The fourth-order valence-corrected chi connectivity index (χ4v) is 3.28. The molecule has 1 fully saturated rings. The minimum absolute atomic E-state index is 0.0603. The lowest BCUT2D eigenvalue weighted by Crippen LogP contribution is -2.35. The summed E-state index contributed by atoms with van der Waals surface area (Å²) >= 11 is 1.48. The molecule has 1 saturated heterocycles. The molecule has 0 saturated carbocycles. The number of aromatic nitrogens is 1. The second kappa shape index (κ2) is 9.15. The van der Waals surface area contributed by atoms with Gasteiger partial charge in [0.25, 0.3) is 0 Å². The first-order valence-electron chi connectivity index (χ1n) is 8.74. The third-order valence-electron chi connectivity index (χ3n) is 4.15. The topological polar surface area (TPSA) is 74.3 Å². The summed E-state index contributed by atoms with van der Waals surface area (Å²) in [6.45, 7) is 1.62. The number of thiazole rings is 1. The lowest BCUT2D eigenvalue weighted by molar-refractivity contribution is -0.111. The van der Waals surface area contributed by atoms with Crippen LogP contribution in [0.1, 0.15) is 31.4 Å². The van der Waals surface area contributed by atoms with Crippen molar-refractivity contribution in [2.75, 3.05) is 23.7 Å². The number of anilines is 2. The summed E-state index contributed by atoms with van der Waals surface area (Å²) in [5.74, 6) is -0.223. The predicted octanol–water partition coefficient (Wildman–Crippen LogP) is 4.20. The van der Waals surface area contributed by atoms with Crippen LogP contribution in [0.5, 0.6) is 0 Å². The molecule has 2 N–H and O–H groups in total. The predicted molar refractivity (Wildman–Crippen MR) is 105 cm³/mol. The largest absolute Gasteiger partial charge is 0.325 e. The first-order chi connectivity index (χ1) is 12.7. The van der Waals surface area contributed by atoms with E-state index in [0.29, 0.717) is 5.69 Å². The van der Waals surface area contributed by atoms with Gasteiger partial charge in [-0.1, -0.05) is 12.8 Å². The Morgan fingerprint density at radius 1 is 1.00 bits per heavy atom. The summed E-state index contributed by atoms with van der Waals surface area (Å²) in [5.41, 5.74) is 3.87. The molecule has 3 rings (SSSR count). The van der Waals surface area contributed by atoms with Crippen molar-refractivity contribution < 1.29 is 9.59 Å². The Labute approximate surface area is 156 Å². The highest BCUT2D eigenvalue weighted by Gasteiger charge is 2.15. The molecule has 1 aliphatic rings. The highest BCUT2D eigenvalue weighted by Crippen LogP contribution is 2.16. The Hall–Kier alpha value is -2.67. The fourth-order valence-electron chi connectivity index (χ4n) is 2.76. The van der Waals surface area contributed by atoms with Crippen LogP contribution >= 0.6 is 11.3 Å². The zero-order chi connectivity index (χ0) is 18.2. The molecule has 7 heteroatoms. The Morgan fingerprint density at radius 2 is 1.65 bits per heavy atom. The fraction of sp³-hybridized carbons (Fsp3) is 0.316. The molecule has 0 atom stereocenters. The van der Waals surface area contributed by atoms with Gasteiger partial charge in [-0.3, -0.25) is 4.79 Å². The van der Waals surface area contributed by atoms with Gasteiger partial charge < -0.3 is 15.5 Å². The van der Waals surface area contributed by atoms with Gasteiger partial charge in [-0.25, -0.2) is 9.78 Å². The van der Waals surface area contributed by atoms with Gasteiger partial charge in [0, 0.05) is 35.9 Å². The van der Waals surface area contributed by atoms with Gasteiger partial charge in [-0.15, -0.1) is 11.3 Å². The maximum absolute atomic E-state index is 12.3. The van der Waals surface area contributed by atoms with Crippen LogP contribution in [-0.4, -0.2) is 34.9 Å². The molecule has 0 unspecified atom stereocenters. The number of hydrogen-bond acceptors (Lipinski definition) is 4. The van der Waals surface area contributed by atoms with Crippen LogP contribution in [0.25, 0.3) is 6.08 Å². The average molecular weight is 370 g/mol. The molecule has 2 aromatic rings. The van der Waals surface area contributed by atoms with E-state index in [1.54, 1.807) is 35.9 Å². The van der Waals surface area contributed by atoms with Gasteiger partial charge in [-0.05, 0) is 43.2 Å². The number of carbonyl (C=O) groups excluding carboxylic acids is 2. The molecule has 1 aromatic heterocycles. The maximum atomic E-state index is 12.3. The Bertz CT molecular complexity index is 748. The third-order valence-corrected chi connectivity index (χ3v) is 4.76. The van der Waals surface area contributed by atoms with Gasteiger partial charge in [0.1, 0.15) is 0 Å². The van der Waals surface area contributed by atoms with Crippen LogP contribution in [0.2, 0.25) is 0 Å². The van der Waals surface area contributed by atoms with E-state index in [2.05, 4.69) is 15.6 Å². The van der Waals surface area contributed by atoms with Crippen LogP contribution in [0.3, 0.4) is 0 Å². The molecule has 0 radical (unpaired) electrons. The molecular formula is C19H22N4O2S. The van der Waals surface area contributed by atoms with Gasteiger partial charge in [0.2, 0.25) is 5.91 Å². The van der Waals surface area contributed by atoms with Crippen molar-refractivity contribution in [3.63, 3.8) is 0 Å². The van der Waals surface area contributed by atoms with Crippen molar-refractivity contribution >= 4 is 40.7 Å². The van der Waals surface area contributed by atoms with E-state index in [-0.39, 0.29) is 11.9 Å². The SMILES string of the molecule is O=C(/C=C\c1cscn1)Nc1ccc(NC(=O)N2CCCCCC2)cc1. The molecule has 3 amide bonds. The zero-order valence-electron chi connectivity index (χ0n) is 14.5. The molecule has 0 spiro atoms. The van der Waals surface area contributed by atoms with E-state index in [1.165, 1.54) is 30.3 Å². The van der Waals surface area contributed by atoms with E-state index in [1.807, 2.05) is 10.3 Å². The van der Waals surface area contributed by atoms with Gasteiger partial charge >= 0.3 is 6.03 Å². The molecule has 2 heterocycles. The average Bonchev–Trinajstić information content (AvgIpc) is 3.01. The normalized spacial score (nSPS) is 14.8. The lowest BCUT2D eigenvalue weighted by Gasteiger charge is -2.20. The zero-order valence-corrected chi connectivity index (χ0v) is 15.3. The molecule has 1 aliphatic heterocycles. The number of carbonyl (C=O) groups is 2. The molecule has 0 bridgehead atoms. The highest BCUT2D eigenvalue weighted by atomic mass is 32.1. The van der Waals surface area contributed by atoms with E-state index < -0.39 is 0 Å². The summed E-state index contributed by atoms with van der Waals surface area (Å²) in [4.78, 5) is 30.2. The number of amides is 3. The number of hydrogen-bond donors (Lipinski definition) is 2. The van der Waals surface area contributed by atoms with Crippen molar-refractivity contribution in [3.05, 3.63) is 46.9 Å². The number of rotatable bonds is 4.